The second kappa shape index (κ2) is 6.46. The molecule has 0 aliphatic carbocycles. The van der Waals surface area contributed by atoms with Crippen molar-refractivity contribution in [1.82, 2.24) is 4.90 Å². The summed E-state index contributed by atoms with van der Waals surface area (Å²) in [6.45, 7) is 6.92. The number of hydrogen-bond donors (Lipinski definition) is 2. The zero-order valence-electron chi connectivity index (χ0n) is 12.0. The summed E-state index contributed by atoms with van der Waals surface area (Å²) in [5, 5.41) is 3.36. The lowest BCUT2D eigenvalue weighted by Gasteiger charge is -2.17. The number of nitrogens with zero attached hydrogens (tertiary/aromatic N) is 1. The van der Waals surface area contributed by atoms with Crippen LogP contribution in [-0.2, 0) is 4.79 Å². The van der Waals surface area contributed by atoms with Gasteiger partial charge < -0.3 is 11.1 Å². The molecule has 3 N–H and O–H groups in total. The Balaban J connectivity index is 1.85. The van der Waals surface area contributed by atoms with Gasteiger partial charge in [0, 0.05) is 12.2 Å². The largest absolute Gasteiger partial charge is 0.397 e. The maximum absolute atomic E-state index is 12.0. The summed E-state index contributed by atoms with van der Waals surface area (Å²) in [6, 6.07) is 5.13. The number of carbonyl (C=O) groups excluding carboxylic acids is 1. The van der Waals surface area contributed by atoms with E-state index in [2.05, 4.69) is 24.1 Å². The lowest BCUT2D eigenvalue weighted by Crippen LogP contribution is -2.32. The van der Waals surface area contributed by atoms with Crippen molar-refractivity contribution in [3.63, 3.8) is 0 Å². The van der Waals surface area contributed by atoms with Crippen molar-refractivity contribution in [3.8, 4) is 0 Å². The van der Waals surface area contributed by atoms with Gasteiger partial charge in [-0.2, -0.15) is 0 Å². The van der Waals surface area contributed by atoms with Crippen LogP contribution in [0.2, 0.25) is 5.02 Å². The molecule has 1 heterocycles. The fraction of sp³-hybridized carbons (Fsp3) is 0.533. The van der Waals surface area contributed by atoms with E-state index < -0.39 is 0 Å². The molecule has 1 saturated heterocycles. The van der Waals surface area contributed by atoms with Crippen LogP contribution in [0.4, 0.5) is 11.4 Å². The standard InChI is InChI=1S/C15H22ClN3O/c1-10(2)11-5-6-19(8-11)9-15(20)18-12-3-4-13(16)14(17)7-12/h3-4,7,10-11H,5-6,8-9,17H2,1-2H3,(H,18,20). The van der Waals surface area contributed by atoms with E-state index in [1.807, 2.05) is 0 Å². The van der Waals surface area contributed by atoms with Gasteiger partial charge in [0.15, 0.2) is 0 Å². The maximum Gasteiger partial charge on any atom is 0.238 e. The molecule has 1 aliphatic heterocycles. The summed E-state index contributed by atoms with van der Waals surface area (Å²) >= 11 is 5.85. The average molecular weight is 296 g/mol. The van der Waals surface area contributed by atoms with Crippen LogP contribution in [0.1, 0.15) is 20.3 Å². The summed E-state index contributed by atoms with van der Waals surface area (Å²) in [7, 11) is 0. The van der Waals surface area contributed by atoms with Gasteiger partial charge >= 0.3 is 0 Å². The summed E-state index contributed by atoms with van der Waals surface area (Å²) in [4.78, 5) is 14.2. The van der Waals surface area contributed by atoms with Crippen molar-refractivity contribution in [2.45, 2.75) is 20.3 Å². The smallest absolute Gasteiger partial charge is 0.238 e. The number of hydrogen-bond acceptors (Lipinski definition) is 3. The lowest BCUT2D eigenvalue weighted by atomic mass is 9.95. The van der Waals surface area contributed by atoms with Gasteiger partial charge in [-0.25, -0.2) is 0 Å². The number of rotatable bonds is 4. The van der Waals surface area contributed by atoms with Crippen LogP contribution in [0.5, 0.6) is 0 Å². The number of nitrogen functional groups attached to an aromatic ring is 1. The molecule has 1 aromatic rings. The molecular formula is C15H22ClN3O. The number of anilines is 2. The molecule has 1 aromatic carbocycles. The first-order chi connectivity index (χ1) is 9.45. The second-order valence-electron chi connectivity index (χ2n) is 5.81. The Morgan fingerprint density at radius 1 is 1.55 bits per heavy atom. The van der Waals surface area contributed by atoms with E-state index in [-0.39, 0.29) is 5.91 Å². The molecule has 0 bridgehead atoms. The van der Waals surface area contributed by atoms with Crippen LogP contribution in [-0.4, -0.2) is 30.4 Å². The first-order valence-corrected chi connectivity index (χ1v) is 7.40. The normalized spacial score (nSPS) is 19.5. The maximum atomic E-state index is 12.0. The Bertz CT molecular complexity index is 490. The SMILES string of the molecule is CC(C)C1CCN(CC(=O)Nc2ccc(Cl)c(N)c2)C1. The van der Waals surface area contributed by atoms with Gasteiger partial charge in [-0.05, 0) is 43.0 Å². The number of likely N-dealkylation sites (tertiary alicyclic amines) is 1. The highest BCUT2D eigenvalue weighted by Gasteiger charge is 2.25. The minimum Gasteiger partial charge on any atom is -0.397 e. The molecular weight excluding hydrogens is 274 g/mol. The molecule has 1 atom stereocenters. The second-order valence-corrected chi connectivity index (χ2v) is 6.22. The first kappa shape index (κ1) is 15.1. The van der Waals surface area contributed by atoms with Crippen LogP contribution < -0.4 is 11.1 Å². The predicted octanol–water partition coefficient (Wildman–Crippen LogP) is 2.84. The Morgan fingerprint density at radius 3 is 2.90 bits per heavy atom. The molecule has 1 aliphatic rings. The van der Waals surface area contributed by atoms with E-state index in [0.717, 1.165) is 13.1 Å². The van der Waals surface area contributed by atoms with Gasteiger partial charge in [0.2, 0.25) is 5.91 Å². The Kier molecular flexibility index (Phi) is 4.89. The fourth-order valence-corrected chi connectivity index (χ4v) is 2.69. The topological polar surface area (TPSA) is 58.4 Å². The number of nitrogens with one attached hydrogen (secondary N) is 1. The van der Waals surface area contributed by atoms with Crippen molar-refractivity contribution < 1.29 is 4.79 Å². The van der Waals surface area contributed by atoms with E-state index in [9.17, 15) is 4.79 Å². The number of benzene rings is 1. The van der Waals surface area contributed by atoms with E-state index in [1.165, 1.54) is 6.42 Å². The van der Waals surface area contributed by atoms with Crippen LogP contribution in [0, 0.1) is 11.8 Å². The molecule has 110 valence electrons. The highest BCUT2D eigenvalue weighted by Crippen LogP contribution is 2.24. The van der Waals surface area contributed by atoms with Crippen molar-refractivity contribution in [2.24, 2.45) is 11.8 Å². The Hall–Kier alpha value is -1.26. The molecule has 2 rings (SSSR count). The summed E-state index contributed by atoms with van der Waals surface area (Å²) < 4.78 is 0. The van der Waals surface area contributed by atoms with Gasteiger partial charge in [0.1, 0.15) is 0 Å². The van der Waals surface area contributed by atoms with Crippen LogP contribution in [0.3, 0.4) is 0 Å². The van der Waals surface area contributed by atoms with Crippen molar-refractivity contribution in [3.05, 3.63) is 23.2 Å². The average Bonchev–Trinajstić information content (AvgIpc) is 2.82. The molecule has 4 nitrogen and oxygen atoms in total. The zero-order chi connectivity index (χ0) is 14.7. The number of nitrogens with two attached hydrogens (primary N) is 1. The molecule has 0 saturated carbocycles. The van der Waals surface area contributed by atoms with Gasteiger partial charge in [0.05, 0.1) is 17.3 Å². The lowest BCUT2D eigenvalue weighted by molar-refractivity contribution is -0.117. The number of amides is 1. The summed E-state index contributed by atoms with van der Waals surface area (Å²) in [5.74, 6) is 1.38. The van der Waals surface area contributed by atoms with Gasteiger partial charge in [-0.1, -0.05) is 25.4 Å². The molecule has 1 fully saturated rings. The van der Waals surface area contributed by atoms with Gasteiger partial charge in [-0.3, -0.25) is 9.69 Å². The molecule has 1 amide bonds. The fourth-order valence-electron chi connectivity index (χ4n) is 2.58. The molecule has 5 heteroatoms. The zero-order valence-corrected chi connectivity index (χ0v) is 12.8. The molecule has 0 radical (unpaired) electrons. The molecule has 0 aromatic heterocycles. The van der Waals surface area contributed by atoms with E-state index >= 15 is 0 Å². The first-order valence-electron chi connectivity index (χ1n) is 7.03. The summed E-state index contributed by atoms with van der Waals surface area (Å²) in [5.41, 5.74) is 6.89. The van der Waals surface area contributed by atoms with Crippen molar-refractivity contribution >= 4 is 28.9 Å². The molecule has 0 spiro atoms. The third-order valence-electron chi connectivity index (χ3n) is 3.90. The number of carbonyl (C=O) groups is 1. The van der Waals surface area contributed by atoms with Crippen molar-refractivity contribution in [1.29, 1.82) is 0 Å². The third-order valence-corrected chi connectivity index (χ3v) is 4.24. The quantitative estimate of drug-likeness (QED) is 0.840. The van der Waals surface area contributed by atoms with E-state index in [0.29, 0.717) is 34.8 Å². The van der Waals surface area contributed by atoms with Gasteiger partial charge in [-0.15, -0.1) is 0 Å². The van der Waals surface area contributed by atoms with Gasteiger partial charge in [0.25, 0.3) is 0 Å². The number of halogens is 1. The van der Waals surface area contributed by atoms with Crippen molar-refractivity contribution in [2.75, 3.05) is 30.7 Å². The van der Waals surface area contributed by atoms with Crippen LogP contribution >= 0.6 is 11.6 Å². The minimum atomic E-state index is -0.00358. The monoisotopic (exact) mass is 295 g/mol. The molecule has 1 unspecified atom stereocenters. The third kappa shape index (κ3) is 3.87. The van der Waals surface area contributed by atoms with Crippen LogP contribution in [0.15, 0.2) is 18.2 Å². The highest BCUT2D eigenvalue weighted by atomic mass is 35.5. The Labute approximate surface area is 125 Å². The minimum absolute atomic E-state index is 0.00358. The predicted molar refractivity (Wildman–Crippen MR) is 83.9 cm³/mol. The van der Waals surface area contributed by atoms with E-state index in [1.54, 1.807) is 18.2 Å². The van der Waals surface area contributed by atoms with E-state index in [4.69, 9.17) is 17.3 Å². The van der Waals surface area contributed by atoms with Crippen LogP contribution in [0.25, 0.3) is 0 Å². The molecule has 20 heavy (non-hydrogen) atoms. The highest BCUT2D eigenvalue weighted by molar-refractivity contribution is 6.33. The summed E-state index contributed by atoms with van der Waals surface area (Å²) in [6.07, 6.45) is 1.18. The Morgan fingerprint density at radius 2 is 2.30 bits per heavy atom.